The van der Waals surface area contributed by atoms with Crippen molar-refractivity contribution in [3.8, 4) is 22.3 Å². The summed E-state index contributed by atoms with van der Waals surface area (Å²) in [6, 6.07) is 67.6. The number of fused-ring (bicyclic) bond motifs is 7. The van der Waals surface area contributed by atoms with Crippen molar-refractivity contribution >= 4 is 71.3 Å². The SMILES string of the molecule is c1cc(-c2ccc3ccccc3c2)cc(N(c2ccc(-c3cc4ccccc4c4ccccc34)cc2)c2cccc3oc4ccccc4c23)c1. The fraction of sp³-hybridized carbons (Fsp3) is 0. The van der Waals surface area contributed by atoms with Crippen LogP contribution in [0, 0.1) is 0 Å². The van der Waals surface area contributed by atoms with E-state index in [-0.39, 0.29) is 0 Å². The number of anilines is 3. The molecule has 50 heavy (non-hydrogen) atoms. The first-order valence-corrected chi connectivity index (χ1v) is 17.1. The van der Waals surface area contributed by atoms with Gasteiger partial charge >= 0.3 is 0 Å². The molecule has 0 atom stereocenters. The molecule has 2 heteroatoms. The van der Waals surface area contributed by atoms with Crippen LogP contribution in [-0.4, -0.2) is 0 Å². The lowest BCUT2D eigenvalue weighted by molar-refractivity contribution is 0.669. The van der Waals surface area contributed by atoms with Crippen LogP contribution in [0.25, 0.3) is 76.5 Å². The Labute approximate surface area is 290 Å². The predicted molar refractivity (Wildman–Crippen MR) is 212 cm³/mol. The lowest BCUT2D eigenvalue weighted by atomic mass is 9.93. The maximum absolute atomic E-state index is 6.38. The molecule has 0 aliphatic rings. The Kier molecular flexibility index (Phi) is 6.53. The average molecular weight is 638 g/mol. The Morgan fingerprint density at radius 2 is 0.980 bits per heavy atom. The second-order valence-electron chi connectivity index (χ2n) is 12.9. The quantitative estimate of drug-likeness (QED) is 0.175. The third kappa shape index (κ3) is 4.65. The minimum absolute atomic E-state index is 0.874. The number of para-hydroxylation sites is 1. The van der Waals surface area contributed by atoms with Crippen LogP contribution in [0.1, 0.15) is 0 Å². The molecule has 9 aromatic carbocycles. The van der Waals surface area contributed by atoms with E-state index in [1.807, 2.05) is 12.1 Å². The van der Waals surface area contributed by atoms with E-state index < -0.39 is 0 Å². The maximum atomic E-state index is 6.38. The van der Waals surface area contributed by atoms with Gasteiger partial charge in [-0.25, -0.2) is 0 Å². The van der Waals surface area contributed by atoms with Gasteiger partial charge in [-0.1, -0.05) is 133 Å². The number of nitrogens with zero attached hydrogens (tertiary/aromatic N) is 1. The topological polar surface area (TPSA) is 16.4 Å². The van der Waals surface area contributed by atoms with E-state index in [1.54, 1.807) is 0 Å². The molecule has 234 valence electrons. The molecular formula is C48H31NO. The van der Waals surface area contributed by atoms with Gasteiger partial charge in [-0.3, -0.25) is 0 Å². The van der Waals surface area contributed by atoms with Crippen LogP contribution in [0.2, 0.25) is 0 Å². The van der Waals surface area contributed by atoms with E-state index in [0.717, 1.165) is 39.0 Å². The van der Waals surface area contributed by atoms with Gasteiger partial charge in [-0.15, -0.1) is 0 Å². The molecule has 0 radical (unpaired) electrons. The standard InChI is InChI=1S/C48H31NO/c1-2-12-34-29-36(24-23-32(34)11-1)35-14-9-15-39(30-35)49(45-20-10-22-47-48(45)43-19-7-8-21-46(43)50-47)38-27-25-33(26-28-38)44-31-37-13-3-4-16-40(37)41-17-5-6-18-42(41)44/h1-31H. The molecule has 0 aliphatic heterocycles. The Bertz CT molecular complexity index is 2880. The molecule has 2 nitrogen and oxygen atoms in total. The monoisotopic (exact) mass is 637 g/mol. The number of furan rings is 1. The summed E-state index contributed by atoms with van der Waals surface area (Å²) in [6.45, 7) is 0. The number of hydrogen-bond donors (Lipinski definition) is 0. The van der Waals surface area contributed by atoms with Gasteiger partial charge in [0.05, 0.1) is 11.1 Å². The van der Waals surface area contributed by atoms with Crippen LogP contribution in [-0.2, 0) is 0 Å². The van der Waals surface area contributed by atoms with Crippen LogP contribution >= 0.6 is 0 Å². The van der Waals surface area contributed by atoms with Gasteiger partial charge in [-0.2, -0.15) is 0 Å². The zero-order valence-electron chi connectivity index (χ0n) is 27.3. The van der Waals surface area contributed by atoms with Crippen LogP contribution < -0.4 is 4.90 Å². The smallest absolute Gasteiger partial charge is 0.137 e. The molecular weight excluding hydrogens is 607 g/mol. The molecule has 0 amide bonds. The highest BCUT2D eigenvalue weighted by atomic mass is 16.3. The van der Waals surface area contributed by atoms with Crippen LogP contribution in [0.3, 0.4) is 0 Å². The van der Waals surface area contributed by atoms with Gasteiger partial charge in [0.15, 0.2) is 0 Å². The van der Waals surface area contributed by atoms with Crippen molar-refractivity contribution in [1.29, 1.82) is 0 Å². The van der Waals surface area contributed by atoms with E-state index in [1.165, 1.54) is 54.6 Å². The molecule has 10 rings (SSSR count). The molecule has 0 unspecified atom stereocenters. The summed E-state index contributed by atoms with van der Waals surface area (Å²) in [6.07, 6.45) is 0. The summed E-state index contributed by atoms with van der Waals surface area (Å²) in [5.74, 6) is 0. The first-order valence-electron chi connectivity index (χ1n) is 17.1. The first-order chi connectivity index (χ1) is 24.8. The predicted octanol–water partition coefficient (Wildman–Crippen LogP) is 13.8. The number of hydrogen-bond acceptors (Lipinski definition) is 2. The molecule has 0 bridgehead atoms. The van der Waals surface area contributed by atoms with Crippen molar-refractivity contribution in [2.24, 2.45) is 0 Å². The van der Waals surface area contributed by atoms with E-state index in [9.17, 15) is 0 Å². The largest absolute Gasteiger partial charge is 0.456 e. The summed E-state index contributed by atoms with van der Waals surface area (Å²) in [5, 5.41) is 9.74. The third-order valence-electron chi connectivity index (χ3n) is 10.0. The zero-order valence-corrected chi connectivity index (χ0v) is 27.3. The van der Waals surface area contributed by atoms with Crippen molar-refractivity contribution in [2.45, 2.75) is 0 Å². The number of benzene rings is 9. The van der Waals surface area contributed by atoms with E-state index >= 15 is 0 Å². The second kappa shape index (κ2) is 11.5. The average Bonchev–Trinajstić information content (AvgIpc) is 3.57. The molecule has 0 saturated carbocycles. The van der Waals surface area contributed by atoms with Gasteiger partial charge in [0, 0.05) is 16.8 Å². The van der Waals surface area contributed by atoms with E-state index in [2.05, 4.69) is 181 Å². The molecule has 10 aromatic rings. The highest BCUT2D eigenvalue weighted by Crippen LogP contribution is 2.44. The zero-order chi connectivity index (χ0) is 33.0. The normalized spacial score (nSPS) is 11.6. The van der Waals surface area contributed by atoms with Gasteiger partial charge in [0.2, 0.25) is 0 Å². The highest BCUT2D eigenvalue weighted by Gasteiger charge is 2.20. The van der Waals surface area contributed by atoms with Crippen molar-refractivity contribution < 1.29 is 4.42 Å². The van der Waals surface area contributed by atoms with E-state index in [4.69, 9.17) is 4.42 Å². The molecule has 1 heterocycles. The molecule has 1 aromatic heterocycles. The summed E-state index contributed by atoms with van der Waals surface area (Å²) in [5.41, 5.74) is 9.78. The second-order valence-corrected chi connectivity index (χ2v) is 12.9. The van der Waals surface area contributed by atoms with Crippen LogP contribution in [0.4, 0.5) is 17.1 Å². The van der Waals surface area contributed by atoms with Gasteiger partial charge in [0.25, 0.3) is 0 Å². The van der Waals surface area contributed by atoms with Crippen LogP contribution in [0.15, 0.2) is 192 Å². The van der Waals surface area contributed by atoms with Crippen LogP contribution in [0.5, 0.6) is 0 Å². The van der Waals surface area contributed by atoms with E-state index in [0.29, 0.717) is 0 Å². The fourth-order valence-corrected chi connectivity index (χ4v) is 7.65. The van der Waals surface area contributed by atoms with Gasteiger partial charge in [-0.05, 0) is 109 Å². The van der Waals surface area contributed by atoms with Gasteiger partial charge < -0.3 is 9.32 Å². The van der Waals surface area contributed by atoms with Crippen molar-refractivity contribution in [1.82, 2.24) is 0 Å². The molecule has 0 saturated heterocycles. The molecule has 0 fully saturated rings. The Morgan fingerprint density at radius 3 is 1.84 bits per heavy atom. The summed E-state index contributed by atoms with van der Waals surface area (Å²) in [4.78, 5) is 2.37. The summed E-state index contributed by atoms with van der Waals surface area (Å²) in [7, 11) is 0. The fourth-order valence-electron chi connectivity index (χ4n) is 7.65. The van der Waals surface area contributed by atoms with Crippen molar-refractivity contribution in [3.05, 3.63) is 188 Å². The summed E-state index contributed by atoms with van der Waals surface area (Å²) >= 11 is 0. The number of rotatable bonds is 5. The lowest BCUT2D eigenvalue weighted by Gasteiger charge is -2.27. The minimum Gasteiger partial charge on any atom is -0.456 e. The highest BCUT2D eigenvalue weighted by molar-refractivity contribution is 6.15. The molecule has 0 aliphatic carbocycles. The lowest BCUT2D eigenvalue weighted by Crippen LogP contribution is -2.10. The first kappa shape index (κ1) is 28.4. The van der Waals surface area contributed by atoms with Gasteiger partial charge in [0.1, 0.15) is 11.2 Å². The van der Waals surface area contributed by atoms with Crippen molar-refractivity contribution in [2.75, 3.05) is 4.90 Å². The Hall–Kier alpha value is -6.64. The minimum atomic E-state index is 0.874. The Morgan fingerprint density at radius 1 is 0.340 bits per heavy atom. The third-order valence-corrected chi connectivity index (χ3v) is 10.0. The Balaban J connectivity index is 1.16. The van der Waals surface area contributed by atoms with Crippen molar-refractivity contribution in [3.63, 3.8) is 0 Å². The molecule has 0 spiro atoms. The summed E-state index contributed by atoms with van der Waals surface area (Å²) < 4.78 is 6.38. The molecule has 0 N–H and O–H groups in total. The maximum Gasteiger partial charge on any atom is 0.137 e.